The summed E-state index contributed by atoms with van der Waals surface area (Å²) in [6.45, 7) is 8.73. The molecule has 43 heavy (non-hydrogen) atoms. The molecule has 0 atom stereocenters. The zero-order valence-electron chi connectivity index (χ0n) is 25.5. The second-order valence-corrected chi connectivity index (χ2v) is 11.3. The Bertz CT molecular complexity index is 1600. The molecule has 0 aliphatic carbocycles. The number of H-pyrrole nitrogens is 3. The monoisotopic (exact) mass is 636 g/mol. The van der Waals surface area contributed by atoms with Crippen LogP contribution < -0.4 is 0 Å². The highest BCUT2D eigenvalue weighted by atomic mass is 79.9. The molecular formula is C36H41BrN6. The first-order valence-corrected chi connectivity index (χ1v) is 15.6. The van der Waals surface area contributed by atoms with Gasteiger partial charge >= 0.3 is 0 Å². The number of halogens is 1. The van der Waals surface area contributed by atoms with E-state index >= 15 is 0 Å². The van der Waals surface area contributed by atoms with E-state index in [1.54, 1.807) is 19.0 Å². The first-order chi connectivity index (χ1) is 21.0. The Balaban J connectivity index is 0.000000148. The van der Waals surface area contributed by atoms with Crippen molar-refractivity contribution in [2.75, 3.05) is 0 Å². The number of hydrogen-bond donors (Lipinski definition) is 3. The lowest BCUT2D eigenvalue weighted by Gasteiger charge is -2.12. The summed E-state index contributed by atoms with van der Waals surface area (Å²) in [6.07, 6.45) is 15.8. The van der Waals surface area contributed by atoms with E-state index in [0.717, 1.165) is 42.3 Å². The van der Waals surface area contributed by atoms with Crippen molar-refractivity contribution in [1.29, 1.82) is 0 Å². The zero-order valence-corrected chi connectivity index (χ0v) is 27.1. The molecule has 0 radical (unpaired) electrons. The quantitative estimate of drug-likeness (QED) is 0.156. The molecule has 222 valence electrons. The van der Waals surface area contributed by atoms with E-state index in [9.17, 15) is 0 Å². The van der Waals surface area contributed by atoms with Crippen molar-refractivity contribution in [3.63, 3.8) is 0 Å². The SMILES string of the molecule is Brc1ccccc1Cc1cnc[nH]1.CCc1cccc(CC)c1Cc1cnc[nH]1.Cc1cccc(C)c1Cc1cnc[nH]1. The van der Waals surface area contributed by atoms with Crippen LogP contribution in [-0.2, 0) is 32.1 Å². The van der Waals surface area contributed by atoms with E-state index in [-0.39, 0.29) is 0 Å². The summed E-state index contributed by atoms with van der Waals surface area (Å²) < 4.78 is 1.14. The maximum absolute atomic E-state index is 4.07. The number of aromatic amines is 3. The molecule has 6 aromatic rings. The molecule has 0 saturated carbocycles. The van der Waals surface area contributed by atoms with E-state index in [4.69, 9.17) is 0 Å². The first-order valence-electron chi connectivity index (χ1n) is 14.8. The summed E-state index contributed by atoms with van der Waals surface area (Å²) in [5.41, 5.74) is 13.2. The highest BCUT2D eigenvalue weighted by Crippen LogP contribution is 2.20. The van der Waals surface area contributed by atoms with Gasteiger partial charge in [0.15, 0.2) is 0 Å². The van der Waals surface area contributed by atoms with E-state index in [1.807, 2.05) is 36.8 Å². The fourth-order valence-corrected chi connectivity index (χ4v) is 5.50. The average Bonchev–Trinajstić information content (AvgIpc) is 3.82. The van der Waals surface area contributed by atoms with Crippen LogP contribution in [0, 0.1) is 13.8 Å². The minimum absolute atomic E-state index is 0.890. The Morgan fingerprint density at radius 3 is 1.44 bits per heavy atom. The molecule has 0 bridgehead atoms. The van der Waals surface area contributed by atoms with Crippen molar-refractivity contribution in [1.82, 2.24) is 29.9 Å². The van der Waals surface area contributed by atoms with Crippen LogP contribution >= 0.6 is 15.9 Å². The lowest BCUT2D eigenvalue weighted by atomic mass is 9.94. The molecule has 0 fully saturated rings. The van der Waals surface area contributed by atoms with E-state index in [0.29, 0.717) is 0 Å². The van der Waals surface area contributed by atoms with E-state index in [1.165, 1.54) is 50.3 Å². The fraction of sp³-hybridized carbons (Fsp3) is 0.250. The molecule has 3 aromatic carbocycles. The molecular weight excluding hydrogens is 596 g/mol. The van der Waals surface area contributed by atoms with Crippen molar-refractivity contribution in [2.24, 2.45) is 0 Å². The van der Waals surface area contributed by atoms with Crippen LogP contribution in [0.2, 0.25) is 0 Å². The standard InChI is InChI=1S/C14H18N2.C12H14N2.C10H9BrN2/c1-3-11-6-5-7-12(4-2)14(11)8-13-9-15-10-16-13;1-9-4-3-5-10(2)12(9)6-11-7-13-8-14-11;11-10-4-2-1-3-8(10)5-9-6-12-7-13-9/h5-7,9-10H,3-4,8H2,1-2H3,(H,15,16);3-5,7-8H,6H2,1-2H3,(H,13,14);1-4,6-7H,5H2,(H,12,13). The zero-order chi connectivity index (χ0) is 30.4. The van der Waals surface area contributed by atoms with Crippen molar-refractivity contribution in [3.05, 3.63) is 159 Å². The number of nitrogens with zero attached hydrogens (tertiary/aromatic N) is 3. The van der Waals surface area contributed by atoms with Gasteiger partial charge in [0.05, 0.1) is 19.0 Å². The minimum atomic E-state index is 0.890. The van der Waals surface area contributed by atoms with Gasteiger partial charge in [0.2, 0.25) is 0 Å². The second kappa shape index (κ2) is 16.4. The fourth-order valence-electron chi connectivity index (χ4n) is 5.08. The highest BCUT2D eigenvalue weighted by molar-refractivity contribution is 9.10. The van der Waals surface area contributed by atoms with Gasteiger partial charge in [0.25, 0.3) is 0 Å². The van der Waals surface area contributed by atoms with Gasteiger partial charge < -0.3 is 15.0 Å². The van der Waals surface area contributed by atoms with Gasteiger partial charge in [0.1, 0.15) is 0 Å². The van der Waals surface area contributed by atoms with Crippen LogP contribution in [0.25, 0.3) is 0 Å². The van der Waals surface area contributed by atoms with Crippen molar-refractivity contribution in [3.8, 4) is 0 Å². The number of rotatable bonds is 8. The third kappa shape index (κ3) is 9.38. The lowest BCUT2D eigenvalue weighted by Crippen LogP contribution is -2.00. The van der Waals surface area contributed by atoms with Crippen molar-refractivity contribution >= 4 is 15.9 Å². The van der Waals surface area contributed by atoms with Gasteiger partial charge in [-0.25, -0.2) is 15.0 Å². The Morgan fingerprint density at radius 1 is 0.535 bits per heavy atom. The molecule has 6 rings (SSSR count). The summed E-state index contributed by atoms with van der Waals surface area (Å²) in [7, 11) is 0. The minimum Gasteiger partial charge on any atom is -0.348 e. The molecule has 3 aromatic heterocycles. The topological polar surface area (TPSA) is 86.0 Å². The average molecular weight is 638 g/mol. The predicted octanol–water partition coefficient (Wildman–Crippen LogP) is 8.51. The smallest absolute Gasteiger partial charge is 0.0921 e. The molecule has 0 saturated heterocycles. The van der Waals surface area contributed by atoms with Crippen LogP contribution in [0.4, 0.5) is 0 Å². The molecule has 0 aliphatic heterocycles. The van der Waals surface area contributed by atoms with E-state index in [2.05, 4.69) is 116 Å². The number of aromatic nitrogens is 6. The number of hydrogen-bond acceptors (Lipinski definition) is 3. The van der Waals surface area contributed by atoms with Gasteiger partial charge in [-0.1, -0.05) is 84.4 Å². The summed E-state index contributed by atoms with van der Waals surface area (Å²) in [5, 5.41) is 0. The molecule has 0 aliphatic rings. The second-order valence-electron chi connectivity index (χ2n) is 10.5. The van der Waals surface area contributed by atoms with Crippen LogP contribution in [0.15, 0.2) is 103 Å². The number of nitrogens with one attached hydrogen (secondary N) is 3. The van der Waals surface area contributed by atoms with Crippen LogP contribution in [-0.4, -0.2) is 29.9 Å². The Labute approximate surface area is 263 Å². The Hall–Kier alpha value is -4.23. The van der Waals surface area contributed by atoms with Gasteiger partial charge in [-0.15, -0.1) is 0 Å². The van der Waals surface area contributed by atoms with Gasteiger partial charge in [-0.05, 0) is 71.7 Å². The third-order valence-electron chi connectivity index (χ3n) is 7.51. The number of aryl methyl sites for hydroxylation is 4. The highest BCUT2D eigenvalue weighted by Gasteiger charge is 2.08. The normalized spacial score (nSPS) is 10.4. The van der Waals surface area contributed by atoms with E-state index < -0.39 is 0 Å². The molecule has 3 N–H and O–H groups in total. The summed E-state index contributed by atoms with van der Waals surface area (Å²) in [5.74, 6) is 0. The van der Waals surface area contributed by atoms with Crippen LogP contribution in [0.3, 0.4) is 0 Å². The van der Waals surface area contributed by atoms with Gasteiger partial charge in [-0.3, -0.25) is 0 Å². The number of imidazole rings is 3. The third-order valence-corrected chi connectivity index (χ3v) is 8.29. The summed E-state index contributed by atoms with van der Waals surface area (Å²) in [6, 6.07) is 21.2. The molecule has 0 spiro atoms. The molecule has 6 nitrogen and oxygen atoms in total. The lowest BCUT2D eigenvalue weighted by molar-refractivity contribution is 0.982. The van der Waals surface area contributed by atoms with Crippen LogP contribution in [0.1, 0.15) is 69.9 Å². The molecule has 7 heteroatoms. The number of benzene rings is 3. The van der Waals surface area contributed by atoms with Crippen LogP contribution in [0.5, 0.6) is 0 Å². The summed E-state index contributed by atoms with van der Waals surface area (Å²) >= 11 is 3.51. The molecule has 0 unspecified atom stereocenters. The van der Waals surface area contributed by atoms with Gasteiger partial charge in [-0.2, -0.15) is 0 Å². The van der Waals surface area contributed by atoms with Gasteiger partial charge in [0, 0.05) is 59.4 Å². The predicted molar refractivity (Wildman–Crippen MR) is 179 cm³/mol. The first kappa shape index (κ1) is 31.7. The molecule has 3 heterocycles. The Morgan fingerprint density at radius 2 is 0.977 bits per heavy atom. The molecule has 0 amide bonds. The van der Waals surface area contributed by atoms with Crippen molar-refractivity contribution < 1.29 is 0 Å². The Kier molecular flexibility index (Phi) is 12.1. The van der Waals surface area contributed by atoms with Crippen molar-refractivity contribution in [2.45, 2.75) is 59.8 Å². The largest absolute Gasteiger partial charge is 0.348 e. The maximum atomic E-state index is 4.07. The maximum Gasteiger partial charge on any atom is 0.0921 e. The summed E-state index contributed by atoms with van der Waals surface area (Å²) in [4.78, 5) is 21.5.